The predicted octanol–water partition coefficient (Wildman–Crippen LogP) is 4.26. The smallest absolute Gasteiger partial charge is 0.257 e. The van der Waals surface area contributed by atoms with Gasteiger partial charge in [-0.1, -0.05) is 18.2 Å². The average molecular weight is 351 g/mol. The lowest BCUT2D eigenvalue weighted by Crippen LogP contribution is -2.14. The summed E-state index contributed by atoms with van der Waals surface area (Å²) in [5.41, 5.74) is 2.68. The van der Waals surface area contributed by atoms with Gasteiger partial charge in [0, 0.05) is 27.9 Å². The summed E-state index contributed by atoms with van der Waals surface area (Å²) >= 11 is 1.42. The number of hydrogen-bond acceptors (Lipinski definition) is 4. The van der Waals surface area contributed by atoms with Crippen LogP contribution in [-0.4, -0.2) is 16.8 Å². The molecule has 0 aliphatic heterocycles. The second kappa shape index (κ2) is 7.27. The second-order valence-corrected chi connectivity index (χ2v) is 6.81. The van der Waals surface area contributed by atoms with Crippen LogP contribution in [-0.2, 0) is 0 Å². The van der Waals surface area contributed by atoms with Crippen molar-refractivity contribution in [1.82, 2.24) is 4.98 Å². The summed E-state index contributed by atoms with van der Waals surface area (Å²) < 4.78 is 0. The predicted molar refractivity (Wildman–Crippen MR) is 100 cm³/mol. The van der Waals surface area contributed by atoms with Gasteiger partial charge in [0.25, 0.3) is 11.8 Å². The van der Waals surface area contributed by atoms with Crippen molar-refractivity contribution in [1.29, 1.82) is 0 Å². The van der Waals surface area contributed by atoms with Gasteiger partial charge in [0.05, 0.1) is 0 Å². The van der Waals surface area contributed by atoms with E-state index in [1.165, 1.54) is 11.3 Å². The first-order chi connectivity index (χ1) is 12.0. The monoisotopic (exact) mass is 351 g/mol. The topological polar surface area (TPSA) is 71.1 Å². The lowest BCUT2D eigenvalue weighted by atomic mass is 10.1. The minimum absolute atomic E-state index is 0.173. The number of aromatic nitrogens is 1. The Kier molecular flexibility index (Phi) is 4.90. The first kappa shape index (κ1) is 16.9. The Bertz CT molecular complexity index is 916. The number of benzene rings is 2. The number of nitrogens with one attached hydrogen (secondary N) is 2. The van der Waals surface area contributed by atoms with Crippen molar-refractivity contribution in [2.45, 2.75) is 13.8 Å². The molecule has 2 amide bonds. The van der Waals surface area contributed by atoms with Crippen LogP contribution in [0.4, 0.5) is 10.8 Å². The number of aryl methyl sites for hydroxylation is 2. The molecule has 6 heteroatoms. The number of amides is 2. The zero-order valence-corrected chi connectivity index (χ0v) is 14.7. The van der Waals surface area contributed by atoms with Crippen molar-refractivity contribution < 1.29 is 9.59 Å². The van der Waals surface area contributed by atoms with E-state index < -0.39 is 0 Å². The van der Waals surface area contributed by atoms with Crippen molar-refractivity contribution in [3.05, 3.63) is 76.3 Å². The molecule has 0 radical (unpaired) electrons. The highest BCUT2D eigenvalue weighted by Gasteiger charge is 2.11. The minimum atomic E-state index is -0.230. The Balaban J connectivity index is 1.67. The summed E-state index contributed by atoms with van der Waals surface area (Å²) in [7, 11) is 0. The Hall–Kier alpha value is -2.99. The van der Waals surface area contributed by atoms with Crippen LogP contribution in [0.1, 0.15) is 31.2 Å². The summed E-state index contributed by atoms with van der Waals surface area (Å²) in [5, 5.41) is 6.16. The maximum atomic E-state index is 12.3. The lowest BCUT2D eigenvalue weighted by Gasteiger charge is -2.08. The average Bonchev–Trinajstić information content (AvgIpc) is 3.00. The third-order valence-electron chi connectivity index (χ3n) is 3.64. The Morgan fingerprint density at radius 2 is 1.64 bits per heavy atom. The van der Waals surface area contributed by atoms with E-state index in [1.54, 1.807) is 36.5 Å². The molecule has 5 nitrogen and oxygen atoms in total. The molecule has 0 aliphatic carbocycles. The maximum Gasteiger partial charge on any atom is 0.257 e. The molecule has 3 rings (SSSR count). The molecule has 3 aromatic rings. The zero-order chi connectivity index (χ0) is 17.8. The number of hydrogen-bond donors (Lipinski definition) is 2. The molecule has 25 heavy (non-hydrogen) atoms. The molecular weight excluding hydrogens is 334 g/mol. The highest BCUT2D eigenvalue weighted by Crippen LogP contribution is 2.18. The van der Waals surface area contributed by atoms with Crippen LogP contribution in [0.25, 0.3) is 0 Å². The van der Waals surface area contributed by atoms with Crippen molar-refractivity contribution in [2.75, 3.05) is 10.6 Å². The molecule has 1 aromatic heterocycles. The summed E-state index contributed by atoms with van der Waals surface area (Å²) in [6.45, 7) is 3.82. The van der Waals surface area contributed by atoms with Gasteiger partial charge in [0.2, 0.25) is 0 Å². The first-order valence-corrected chi connectivity index (χ1v) is 8.55. The molecule has 126 valence electrons. The minimum Gasteiger partial charge on any atom is -0.322 e. The van der Waals surface area contributed by atoms with Crippen molar-refractivity contribution >= 4 is 34.0 Å². The third-order valence-corrected chi connectivity index (χ3v) is 4.46. The van der Waals surface area contributed by atoms with Gasteiger partial charge >= 0.3 is 0 Å². The van der Waals surface area contributed by atoms with E-state index >= 15 is 0 Å². The third kappa shape index (κ3) is 4.10. The van der Waals surface area contributed by atoms with Gasteiger partial charge in [-0.15, -0.1) is 11.3 Å². The van der Waals surface area contributed by atoms with Crippen LogP contribution in [0.3, 0.4) is 0 Å². The number of anilines is 2. The van der Waals surface area contributed by atoms with Gasteiger partial charge in [-0.2, -0.15) is 0 Å². The molecule has 0 aliphatic rings. The van der Waals surface area contributed by atoms with Crippen LogP contribution in [0.15, 0.2) is 54.7 Å². The SMILES string of the molecule is Cc1cnc(NC(=O)c2ccc(NC(=O)c3ccccc3C)cc2)s1. The van der Waals surface area contributed by atoms with Crippen molar-refractivity contribution in [2.24, 2.45) is 0 Å². The van der Waals surface area contributed by atoms with Crippen LogP contribution in [0, 0.1) is 13.8 Å². The van der Waals surface area contributed by atoms with Gasteiger partial charge in [-0.05, 0) is 49.7 Å². The molecule has 2 aromatic carbocycles. The highest BCUT2D eigenvalue weighted by molar-refractivity contribution is 7.15. The quantitative estimate of drug-likeness (QED) is 0.737. The van der Waals surface area contributed by atoms with E-state index in [4.69, 9.17) is 0 Å². The standard InChI is InChI=1S/C19H17N3O2S/c1-12-5-3-4-6-16(12)18(24)21-15-9-7-14(8-10-15)17(23)22-19-20-11-13(2)25-19/h3-11H,1-2H3,(H,21,24)(H,20,22,23). The van der Waals surface area contributed by atoms with Crippen LogP contribution in [0.2, 0.25) is 0 Å². The van der Waals surface area contributed by atoms with Gasteiger partial charge in [0.1, 0.15) is 0 Å². The van der Waals surface area contributed by atoms with Gasteiger partial charge in [-0.25, -0.2) is 4.98 Å². The molecule has 0 bridgehead atoms. The van der Waals surface area contributed by atoms with E-state index in [9.17, 15) is 9.59 Å². The molecule has 0 saturated carbocycles. The number of rotatable bonds is 4. The number of nitrogens with zero attached hydrogens (tertiary/aromatic N) is 1. The maximum absolute atomic E-state index is 12.3. The number of thiazole rings is 1. The van der Waals surface area contributed by atoms with E-state index in [-0.39, 0.29) is 11.8 Å². The number of carbonyl (C=O) groups excluding carboxylic acids is 2. The Labute approximate surface area is 149 Å². The molecular formula is C19H17N3O2S. The first-order valence-electron chi connectivity index (χ1n) is 7.74. The van der Waals surface area contributed by atoms with E-state index in [2.05, 4.69) is 15.6 Å². The van der Waals surface area contributed by atoms with E-state index in [1.807, 2.05) is 32.0 Å². The summed E-state index contributed by atoms with van der Waals surface area (Å²) in [6, 6.07) is 14.1. The fraction of sp³-hybridized carbons (Fsp3) is 0.105. The van der Waals surface area contributed by atoms with Crippen molar-refractivity contribution in [3.63, 3.8) is 0 Å². The highest BCUT2D eigenvalue weighted by atomic mass is 32.1. The molecule has 2 N–H and O–H groups in total. The molecule has 0 fully saturated rings. The molecule has 0 saturated heterocycles. The molecule has 0 unspecified atom stereocenters. The Morgan fingerprint density at radius 3 is 2.28 bits per heavy atom. The van der Waals surface area contributed by atoms with Crippen molar-refractivity contribution in [3.8, 4) is 0 Å². The number of carbonyl (C=O) groups is 2. The second-order valence-electron chi connectivity index (χ2n) is 5.58. The molecule has 0 spiro atoms. The molecule has 1 heterocycles. The summed E-state index contributed by atoms with van der Waals surface area (Å²) in [6.07, 6.45) is 1.71. The zero-order valence-electron chi connectivity index (χ0n) is 13.9. The fourth-order valence-corrected chi connectivity index (χ4v) is 2.97. The summed E-state index contributed by atoms with van der Waals surface area (Å²) in [5.74, 6) is -0.403. The molecule has 0 atom stereocenters. The normalized spacial score (nSPS) is 10.3. The Morgan fingerprint density at radius 1 is 0.920 bits per heavy atom. The van der Waals surface area contributed by atoms with E-state index in [0.717, 1.165) is 10.4 Å². The van der Waals surface area contributed by atoms with Crippen LogP contribution >= 0.6 is 11.3 Å². The fourth-order valence-electron chi connectivity index (χ4n) is 2.31. The van der Waals surface area contributed by atoms with Gasteiger partial charge in [-0.3, -0.25) is 14.9 Å². The van der Waals surface area contributed by atoms with Gasteiger partial charge < -0.3 is 5.32 Å². The van der Waals surface area contributed by atoms with Gasteiger partial charge in [0.15, 0.2) is 5.13 Å². The van der Waals surface area contributed by atoms with Crippen LogP contribution in [0.5, 0.6) is 0 Å². The lowest BCUT2D eigenvalue weighted by molar-refractivity contribution is 0.101. The van der Waals surface area contributed by atoms with Crippen LogP contribution < -0.4 is 10.6 Å². The van der Waals surface area contributed by atoms with E-state index in [0.29, 0.717) is 21.9 Å². The largest absolute Gasteiger partial charge is 0.322 e. The summed E-state index contributed by atoms with van der Waals surface area (Å²) in [4.78, 5) is 29.6.